The molecular weight excluding hydrogens is 204 g/mol. The molecule has 0 radical (unpaired) electrons. The Morgan fingerprint density at radius 2 is 2.44 bits per heavy atom. The summed E-state index contributed by atoms with van der Waals surface area (Å²) >= 11 is 0. The zero-order valence-electron chi connectivity index (χ0n) is 8.97. The molecule has 0 saturated carbocycles. The summed E-state index contributed by atoms with van der Waals surface area (Å²) in [6.45, 7) is 4.32. The van der Waals surface area contributed by atoms with Crippen molar-refractivity contribution < 1.29 is 9.90 Å². The summed E-state index contributed by atoms with van der Waals surface area (Å²) in [5.74, 6) is 0.938. The first kappa shape index (κ1) is 10.8. The molecule has 16 heavy (non-hydrogen) atoms. The number of hydrogen-bond donors (Lipinski definition) is 1. The van der Waals surface area contributed by atoms with Gasteiger partial charge in [-0.15, -0.1) is 6.58 Å². The maximum Gasteiger partial charge on any atom is 0.228 e. The van der Waals surface area contributed by atoms with Crippen molar-refractivity contribution in [1.82, 2.24) is 4.98 Å². The number of rotatable bonds is 3. The molecule has 0 bridgehead atoms. The van der Waals surface area contributed by atoms with Gasteiger partial charge in [-0.2, -0.15) is 0 Å². The third-order valence-electron chi connectivity index (χ3n) is 2.76. The van der Waals surface area contributed by atoms with Gasteiger partial charge in [0.1, 0.15) is 5.82 Å². The predicted octanol–water partition coefficient (Wildman–Crippen LogP) is 1.11. The Morgan fingerprint density at radius 1 is 1.62 bits per heavy atom. The van der Waals surface area contributed by atoms with E-state index in [2.05, 4.69) is 11.6 Å². The van der Waals surface area contributed by atoms with Gasteiger partial charge < -0.3 is 5.11 Å². The molecule has 2 heterocycles. The van der Waals surface area contributed by atoms with Crippen LogP contribution in [0.25, 0.3) is 0 Å². The lowest BCUT2D eigenvalue weighted by molar-refractivity contribution is -0.117. The molecule has 1 aliphatic rings. The van der Waals surface area contributed by atoms with E-state index in [9.17, 15) is 4.79 Å². The van der Waals surface area contributed by atoms with Gasteiger partial charge in [-0.3, -0.25) is 9.69 Å². The van der Waals surface area contributed by atoms with Crippen LogP contribution in [0.4, 0.5) is 5.82 Å². The summed E-state index contributed by atoms with van der Waals surface area (Å²) in [6.07, 6.45) is 3.90. The Labute approximate surface area is 94.2 Å². The summed E-state index contributed by atoms with van der Waals surface area (Å²) in [6, 6.07) is 3.53. The minimum absolute atomic E-state index is 0.0312. The lowest BCUT2D eigenvalue weighted by atomic mass is 10.1. The van der Waals surface area contributed by atoms with Crippen molar-refractivity contribution in [2.75, 3.05) is 11.4 Å². The fourth-order valence-corrected chi connectivity index (χ4v) is 1.78. The Hall–Kier alpha value is -1.68. The SMILES string of the molecule is C=CC1CC(=O)N(c2ccc(CO)cn2)C1. The summed E-state index contributed by atoms with van der Waals surface area (Å²) in [4.78, 5) is 17.5. The smallest absolute Gasteiger partial charge is 0.228 e. The van der Waals surface area contributed by atoms with Gasteiger partial charge in [-0.25, -0.2) is 4.98 Å². The number of carbonyl (C=O) groups is 1. The molecule has 1 atom stereocenters. The third-order valence-corrected chi connectivity index (χ3v) is 2.76. The van der Waals surface area contributed by atoms with E-state index in [1.807, 2.05) is 0 Å². The molecule has 1 saturated heterocycles. The predicted molar refractivity (Wildman–Crippen MR) is 60.8 cm³/mol. The van der Waals surface area contributed by atoms with Crippen molar-refractivity contribution in [3.63, 3.8) is 0 Å². The van der Waals surface area contributed by atoms with E-state index >= 15 is 0 Å². The second kappa shape index (κ2) is 4.45. The van der Waals surface area contributed by atoms with E-state index < -0.39 is 0 Å². The maximum absolute atomic E-state index is 11.7. The summed E-state index contributed by atoms with van der Waals surface area (Å²) < 4.78 is 0. The minimum Gasteiger partial charge on any atom is -0.392 e. The van der Waals surface area contributed by atoms with Crippen molar-refractivity contribution in [2.45, 2.75) is 13.0 Å². The molecule has 2 rings (SSSR count). The molecule has 1 aromatic rings. The normalized spacial score (nSPS) is 20.2. The average molecular weight is 218 g/mol. The standard InChI is InChI=1S/C12H14N2O2/c1-2-9-5-12(16)14(7-9)11-4-3-10(8-15)6-13-11/h2-4,6,9,15H,1,5,7-8H2. The van der Waals surface area contributed by atoms with E-state index in [4.69, 9.17) is 5.11 Å². The fraction of sp³-hybridized carbons (Fsp3) is 0.333. The first-order valence-electron chi connectivity index (χ1n) is 5.23. The quantitative estimate of drug-likeness (QED) is 0.773. The van der Waals surface area contributed by atoms with Gasteiger partial charge in [-0.1, -0.05) is 12.1 Å². The average Bonchev–Trinajstić information content (AvgIpc) is 2.71. The van der Waals surface area contributed by atoms with Crippen LogP contribution in [0.15, 0.2) is 31.0 Å². The Bertz CT molecular complexity index is 400. The third kappa shape index (κ3) is 1.97. The number of pyridine rings is 1. The van der Waals surface area contributed by atoms with E-state index in [0.29, 0.717) is 18.8 Å². The van der Waals surface area contributed by atoms with Gasteiger partial charge in [-0.05, 0) is 11.6 Å². The molecule has 0 spiro atoms. The highest BCUT2D eigenvalue weighted by Crippen LogP contribution is 2.23. The molecule has 4 heteroatoms. The molecule has 1 fully saturated rings. The fourth-order valence-electron chi connectivity index (χ4n) is 1.78. The van der Waals surface area contributed by atoms with Crippen LogP contribution in [-0.2, 0) is 11.4 Å². The topological polar surface area (TPSA) is 53.4 Å². The van der Waals surface area contributed by atoms with Crippen LogP contribution in [0.3, 0.4) is 0 Å². The lowest BCUT2D eigenvalue weighted by Crippen LogP contribution is -2.25. The van der Waals surface area contributed by atoms with Crippen molar-refractivity contribution in [1.29, 1.82) is 0 Å². The second-order valence-electron chi connectivity index (χ2n) is 3.89. The molecule has 1 aliphatic heterocycles. The molecule has 1 unspecified atom stereocenters. The largest absolute Gasteiger partial charge is 0.392 e. The van der Waals surface area contributed by atoms with Crippen LogP contribution in [0.1, 0.15) is 12.0 Å². The molecule has 1 amide bonds. The number of aromatic nitrogens is 1. The van der Waals surface area contributed by atoms with Gasteiger partial charge in [0.05, 0.1) is 6.61 Å². The Morgan fingerprint density at radius 3 is 2.94 bits per heavy atom. The van der Waals surface area contributed by atoms with Crippen LogP contribution in [0.5, 0.6) is 0 Å². The van der Waals surface area contributed by atoms with E-state index in [-0.39, 0.29) is 18.4 Å². The van der Waals surface area contributed by atoms with Crippen LogP contribution < -0.4 is 4.90 Å². The van der Waals surface area contributed by atoms with Gasteiger partial charge in [0.15, 0.2) is 0 Å². The number of aliphatic hydroxyl groups excluding tert-OH is 1. The monoisotopic (exact) mass is 218 g/mol. The summed E-state index contributed by atoms with van der Waals surface area (Å²) in [5, 5.41) is 8.89. The summed E-state index contributed by atoms with van der Waals surface area (Å²) in [5.41, 5.74) is 0.746. The van der Waals surface area contributed by atoms with Crippen molar-refractivity contribution in [3.05, 3.63) is 36.5 Å². The van der Waals surface area contributed by atoms with Crippen LogP contribution in [0.2, 0.25) is 0 Å². The summed E-state index contributed by atoms with van der Waals surface area (Å²) in [7, 11) is 0. The van der Waals surface area contributed by atoms with Crippen LogP contribution >= 0.6 is 0 Å². The van der Waals surface area contributed by atoms with Gasteiger partial charge in [0.25, 0.3) is 0 Å². The number of aliphatic hydroxyl groups is 1. The molecule has 84 valence electrons. The first-order valence-corrected chi connectivity index (χ1v) is 5.23. The van der Waals surface area contributed by atoms with Gasteiger partial charge in [0.2, 0.25) is 5.91 Å². The molecule has 0 aromatic carbocycles. The number of hydrogen-bond acceptors (Lipinski definition) is 3. The molecule has 0 aliphatic carbocycles. The van der Waals surface area contributed by atoms with Crippen LogP contribution in [-0.4, -0.2) is 22.5 Å². The highest BCUT2D eigenvalue weighted by molar-refractivity contribution is 5.95. The number of anilines is 1. The second-order valence-corrected chi connectivity index (χ2v) is 3.89. The van der Waals surface area contributed by atoms with Crippen molar-refractivity contribution in [3.8, 4) is 0 Å². The first-order chi connectivity index (χ1) is 7.74. The number of nitrogens with zero attached hydrogens (tertiary/aromatic N) is 2. The maximum atomic E-state index is 11.7. The number of amides is 1. The molecule has 1 aromatic heterocycles. The van der Waals surface area contributed by atoms with Crippen LogP contribution in [0, 0.1) is 5.92 Å². The highest BCUT2D eigenvalue weighted by atomic mass is 16.3. The molecule has 4 nitrogen and oxygen atoms in total. The lowest BCUT2D eigenvalue weighted by Gasteiger charge is -2.14. The van der Waals surface area contributed by atoms with E-state index in [1.165, 1.54) is 0 Å². The minimum atomic E-state index is -0.0312. The van der Waals surface area contributed by atoms with Gasteiger partial charge in [0, 0.05) is 25.1 Å². The Kier molecular flexibility index (Phi) is 3.01. The van der Waals surface area contributed by atoms with Crippen molar-refractivity contribution >= 4 is 11.7 Å². The molecular formula is C12H14N2O2. The van der Waals surface area contributed by atoms with E-state index in [0.717, 1.165) is 5.56 Å². The van der Waals surface area contributed by atoms with E-state index in [1.54, 1.807) is 29.3 Å². The Balaban J connectivity index is 2.17. The number of carbonyl (C=O) groups excluding carboxylic acids is 1. The van der Waals surface area contributed by atoms with Gasteiger partial charge >= 0.3 is 0 Å². The zero-order chi connectivity index (χ0) is 11.5. The molecule has 1 N–H and O–H groups in total. The van der Waals surface area contributed by atoms with Crippen molar-refractivity contribution in [2.24, 2.45) is 5.92 Å². The zero-order valence-corrected chi connectivity index (χ0v) is 8.97. The highest BCUT2D eigenvalue weighted by Gasteiger charge is 2.29.